The fraction of sp³-hybridized carbons (Fsp3) is 0.222. The molecule has 0 unspecified atom stereocenters. The minimum Gasteiger partial charge on any atom is -0.469 e. The van der Waals surface area contributed by atoms with E-state index in [-0.39, 0.29) is 18.2 Å². The maximum Gasteiger partial charge on any atom is 0.309 e. The molecule has 2 nitrogen and oxygen atoms in total. The van der Waals surface area contributed by atoms with Crippen molar-refractivity contribution in [3.8, 4) is 0 Å². The Balaban J connectivity index is 2.79. The van der Waals surface area contributed by atoms with Crippen LogP contribution in [0.2, 0.25) is 0 Å². The monoisotopic (exact) mass is 246 g/mol. The van der Waals surface area contributed by atoms with E-state index in [0.717, 1.165) is 5.56 Å². The highest BCUT2D eigenvalue weighted by atomic mass is 79.9. The maximum absolute atomic E-state index is 12.8. The lowest BCUT2D eigenvalue weighted by atomic mass is 10.1. The van der Waals surface area contributed by atoms with Gasteiger partial charge in [-0.25, -0.2) is 4.39 Å². The second kappa shape index (κ2) is 4.37. The second-order valence-electron chi connectivity index (χ2n) is 2.50. The van der Waals surface area contributed by atoms with Crippen LogP contribution in [-0.4, -0.2) is 13.1 Å². The molecule has 0 N–H and O–H groups in total. The van der Waals surface area contributed by atoms with Crippen LogP contribution in [0.25, 0.3) is 0 Å². The summed E-state index contributed by atoms with van der Waals surface area (Å²) < 4.78 is 17.6. The Hall–Kier alpha value is -0.900. The quantitative estimate of drug-likeness (QED) is 0.749. The Bertz CT molecular complexity index is 325. The van der Waals surface area contributed by atoms with E-state index in [1.165, 1.54) is 13.2 Å². The van der Waals surface area contributed by atoms with Crippen LogP contribution in [0, 0.1) is 5.82 Å². The Morgan fingerprint density at radius 1 is 1.62 bits per heavy atom. The molecule has 1 aromatic rings. The molecule has 1 rings (SSSR count). The second-order valence-corrected chi connectivity index (χ2v) is 3.36. The van der Waals surface area contributed by atoms with Gasteiger partial charge in [-0.2, -0.15) is 0 Å². The summed E-state index contributed by atoms with van der Waals surface area (Å²) in [5.74, 6) is -0.674. The van der Waals surface area contributed by atoms with Crippen molar-refractivity contribution in [2.45, 2.75) is 6.42 Å². The molecule has 0 bridgehead atoms. The lowest BCUT2D eigenvalue weighted by Gasteiger charge is -2.00. The van der Waals surface area contributed by atoms with Gasteiger partial charge < -0.3 is 4.74 Å². The summed E-state index contributed by atoms with van der Waals surface area (Å²) in [5.41, 5.74) is 0.722. The molecule has 0 radical (unpaired) electrons. The van der Waals surface area contributed by atoms with E-state index < -0.39 is 0 Å². The summed E-state index contributed by atoms with van der Waals surface area (Å²) >= 11 is 3.03. The molecule has 13 heavy (non-hydrogen) atoms. The van der Waals surface area contributed by atoms with Crippen molar-refractivity contribution in [1.29, 1.82) is 0 Å². The fourth-order valence-electron chi connectivity index (χ4n) is 0.888. The largest absolute Gasteiger partial charge is 0.469 e. The molecular weight excluding hydrogens is 239 g/mol. The van der Waals surface area contributed by atoms with E-state index in [1.807, 2.05) is 0 Å². The van der Waals surface area contributed by atoms with Crippen molar-refractivity contribution in [1.82, 2.24) is 0 Å². The number of carbonyl (C=O) groups is 1. The van der Waals surface area contributed by atoms with E-state index >= 15 is 0 Å². The number of rotatable bonds is 2. The van der Waals surface area contributed by atoms with Crippen LogP contribution in [0.5, 0.6) is 0 Å². The molecule has 0 spiro atoms. The Morgan fingerprint density at radius 2 is 2.31 bits per heavy atom. The first-order valence-corrected chi connectivity index (χ1v) is 4.43. The molecule has 0 atom stereocenters. The van der Waals surface area contributed by atoms with Gasteiger partial charge in [0.25, 0.3) is 0 Å². The van der Waals surface area contributed by atoms with E-state index in [1.54, 1.807) is 12.1 Å². The minimum absolute atomic E-state index is 0.162. The molecule has 70 valence electrons. The average Bonchev–Trinajstić information content (AvgIpc) is 2.11. The van der Waals surface area contributed by atoms with Crippen LogP contribution in [0.3, 0.4) is 0 Å². The maximum atomic E-state index is 12.8. The molecular formula is C9H8BrFO2. The van der Waals surface area contributed by atoms with Gasteiger partial charge in [-0.15, -0.1) is 0 Å². The molecule has 0 aromatic heterocycles. The number of methoxy groups -OCH3 is 1. The molecule has 4 heteroatoms. The zero-order chi connectivity index (χ0) is 9.84. The summed E-state index contributed by atoms with van der Waals surface area (Å²) in [6, 6.07) is 4.42. The standard InChI is InChI=1S/C9H8BrFO2/c1-13-9(12)5-6-2-3-8(11)7(10)4-6/h2-4H,5H2,1H3. The van der Waals surface area contributed by atoms with Crippen molar-refractivity contribution < 1.29 is 13.9 Å². The third kappa shape index (κ3) is 2.81. The molecule has 1 aromatic carbocycles. The number of halogens is 2. The van der Waals surface area contributed by atoms with Crippen LogP contribution < -0.4 is 0 Å². The van der Waals surface area contributed by atoms with Crippen molar-refractivity contribution in [2.75, 3.05) is 7.11 Å². The fourth-order valence-corrected chi connectivity index (χ4v) is 1.31. The molecule has 0 heterocycles. The van der Waals surface area contributed by atoms with E-state index in [0.29, 0.717) is 4.47 Å². The van der Waals surface area contributed by atoms with Crippen molar-refractivity contribution in [3.63, 3.8) is 0 Å². The first-order chi connectivity index (χ1) is 6.13. The van der Waals surface area contributed by atoms with E-state index in [2.05, 4.69) is 20.7 Å². The van der Waals surface area contributed by atoms with Gasteiger partial charge in [0.15, 0.2) is 0 Å². The van der Waals surface area contributed by atoms with Crippen LogP contribution in [-0.2, 0) is 16.0 Å². The van der Waals surface area contributed by atoms with Gasteiger partial charge in [-0.05, 0) is 33.6 Å². The molecule has 0 saturated carbocycles. The molecule has 0 aliphatic carbocycles. The van der Waals surface area contributed by atoms with Crippen molar-refractivity contribution >= 4 is 21.9 Å². The summed E-state index contributed by atoms with van der Waals surface area (Å²) in [6.45, 7) is 0. The zero-order valence-electron chi connectivity index (χ0n) is 7.01. The SMILES string of the molecule is COC(=O)Cc1ccc(F)c(Br)c1. The number of benzene rings is 1. The Labute approximate surface area is 83.8 Å². The number of ether oxygens (including phenoxy) is 1. The zero-order valence-corrected chi connectivity index (χ0v) is 8.60. The molecule has 0 aliphatic rings. The number of esters is 1. The highest BCUT2D eigenvalue weighted by Gasteiger charge is 2.05. The molecule has 0 aliphatic heterocycles. The van der Waals surface area contributed by atoms with Crippen molar-refractivity contribution in [2.24, 2.45) is 0 Å². The molecule has 0 saturated heterocycles. The average molecular weight is 247 g/mol. The lowest BCUT2D eigenvalue weighted by molar-refractivity contribution is -0.139. The smallest absolute Gasteiger partial charge is 0.309 e. The summed E-state index contributed by atoms with van der Waals surface area (Å²) in [7, 11) is 1.32. The van der Waals surface area contributed by atoms with Gasteiger partial charge >= 0.3 is 5.97 Å². The van der Waals surface area contributed by atoms with Gasteiger partial charge in [-0.3, -0.25) is 4.79 Å². The van der Waals surface area contributed by atoms with Crippen molar-refractivity contribution in [3.05, 3.63) is 34.1 Å². The van der Waals surface area contributed by atoms with Gasteiger partial charge in [-0.1, -0.05) is 6.07 Å². The summed E-state index contributed by atoms with van der Waals surface area (Å²) in [5, 5.41) is 0. The topological polar surface area (TPSA) is 26.3 Å². The third-order valence-electron chi connectivity index (χ3n) is 1.56. The minimum atomic E-state index is -0.339. The summed E-state index contributed by atoms with van der Waals surface area (Å²) in [6.07, 6.45) is 0.162. The van der Waals surface area contributed by atoms with Gasteiger partial charge in [0.2, 0.25) is 0 Å². The van der Waals surface area contributed by atoms with Gasteiger partial charge in [0.1, 0.15) is 5.82 Å². The lowest BCUT2D eigenvalue weighted by Crippen LogP contribution is -2.04. The number of hydrogen-bond acceptors (Lipinski definition) is 2. The highest BCUT2D eigenvalue weighted by Crippen LogP contribution is 2.17. The van der Waals surface area contributed by atoms with Crippen LogP contribution >= 0.6 is 15.9 Å². The highest BCUT2D eigenvalue weighted by molar-refractivity contribution is 9.10. The normalized spacial score (nSPS) is 9.77. The van der Waals surface area contributed by atoms with Crippen LogP contribution in [0.4, 0.5) is 4.39 Å². The van der Waals surface area contributed by atoms with Gasteiger partial charge in [0.05, 0.1) is 18.0 Å². The number of hydrogen-bond donors (Lipinski definition) is 0. The Kier molecular flexibility index (Phi) is 3.42. The third-order valence-corrected chi connectivity index (χ3v) is 2.17. The first-order valence-electron chi connectivity index (χ1n) is 3.64. The summed E-state index contributed by atoms with van der Waals surface area (Å²) in [4.78, 5) is 10.8. The van der Waals surface area contributed by atoms with E-state index in [4.69, 9.17) is 0 Å². The molecule has 0 amide bonds. The van der Waals surface area contributed by atoms with Crippen LogP contribution in [0.15, 0.2) is 22.7 Å². The Morgan fingerprint density at radius 3 is 2.85 bits per heavy atom. The first kappa shape index (κ1) is 10.2. The van der Waals surface area contributed by atoms with E-state index in [9.17, 15) is 9.18 Å². The number of carbonyl (C=O) groups excluding carboxylic acids is 1. The predicted molar refractivity (Wildman–Crippen MR) is 49.8 cm³/mol. The predicted octanol–water partition coefficient (Wildman–Crippen LogP) is 2.30. The van der Waals surface area contributed by atoms with Gasteiger partial charge in [0, 0.05) is 0 Å². The molecule has 0 fully saturated rings. The van der Waals surface area contributed by atoms with Crippen LogP contribution in [0.1, 0.15) is 5.56 Å².